The third-order valence-corrected chi connectivity index (χ3v) is 4.87. The van der Waals surface area contributed by atoms with Gasteiger partial charge in [-0.25, -0.2) is 0 Å². The number of halogens is 1. The molecular weight excluding hydrogens is 306 g/mol. The monoisotopic (exact) mass is 323 g/mol. The highest BCUT2D eigenvalue weighted by atomic mass is 79.9. The van der Waals surface area contributed by atoms with Crippen LogP contribution in [0.1, 0.15) is 34.5 Å². The topological polar surface area (TPSA) is 12.0 Å². The second kappa shape index (κ2) is 5.45. The molecule has 0 aliphatic rings. The van der Waals surface area contributed by atoms with Crippen molar-refractivity contribution in [3.8, 4) is 0 Å². The lowest BCUT2D eigenvalue weighted by Crippen LogP contribution is -2.07. The van der Waals surface area contributed by atoms with Crippen LogP contribution in [0.25, 0.3) is 0 Å². The molecule has 1 aromatic heterocycles. The van der Waals surface area contributed by atoms with Crippen LogP contribution in [0.4, 0.5) is 5.69 Å². The van der Waals surface area contributed by atoms with E-state index in [2.05, 4.69) is 73.2 Å². The summed E-state index contributed by atoms with van der Waals surface area (Å²) in [5, 5.41) is 3.62. The normalized spacial score (nSPS) is 12.5. The largest absolute Gasteiger partial charge is 0.377 e. The molecule has 0 saturated carbocycles. The van der Waals surface area contributed by atoms with Gasteiger partial charge in [-0.2, -0.15) is 0 Å². The van der Waals surface area contributed by atoms with E-state index in [0.717, 1.165) is 0 Å². The molecular formula is C15H18BrNS. The molecule has 2 rings (SSSR count). The van der Waals surface area contributed by atoms with Crippen LogP contribution in [0.5, 0.6) is 0 Å². The van der Waals surface area contributed by atoms with Crippen LogP contribution in [-0.2, 0) is 0 Å². The molecule has 0 radical (unpaired) electrons. The number of aryl methyl sites for hydroxylation is 3. The minimum absolute atomic E-state index is 0.335. The van der Waals surface area contributed by atoms with Crippen LogP contribution in [0.2, 0.25) is 0 Å². The van der Waals surface area contributed by atoms with Gasteiger partial charge < -0.3 is 5.32 Å². The number of thiophene rings is 1. The molecule has 0 saturated heterocycles. The highest BCUT2D eigenvalue weighted by molar-refractivity contribution is 9.11. The van der Waals surface area contributed by atoms with Crippen molar-refractivity contribution in [3.63, 3.8) is 0 Å². The fourth-order valence-electron chi connectivity index (χ4n) is 2.26. The Balaban J connectivity index is 2.24. The van der Waals surface area contributed by atoms with Crippen molar-refractivity contribution < 1.29 is 0 Å². The van der Waals surface area contributed by atoms with Gasteiger partial charge in [0.25, 0.3) is 0 Å². The van der Waals surface area contributed by atoms with Crippen LogP contribution in [0.15, 0.2) is 28.1 Å². The van der Waals surface area contributed by atoms with Gasteiger partial charge in [0.05, 0.1) is 9.83 Å². The van der Waals surface area contributed by atoms with E-state index in [0.29, 0.717) is 6.04 Å². The number of anilines is 1. The minimum Gasteiger partial charge on any atom is -0.377 e. The zero-order valence-electron chi connectivity index (χ0n) is 11.2. The second-order valence-electron chi connectivity index (χ2n) is 4.78. The molecule has 0 spiro atoms. The van der Waals surface area contributed by atoms with Crippen LogP contribution >= 0.6 is 27.3 Å². The molecule has 3 heteroatoms. The Morgan fingerprint density at radius 3 is 2.22 bits per heavy atom. The Kier molecular flexibility index (Phi) is 4.13. The fraction of sp³-hybridized carbons (Fsp3) is 0.333. The molecule has 1 atom stereocenters. The molecule has 2 aromatic rings. The van der Waals surface area contributed by atoms with Gasteiger partial charge in [0.15, 0.2) is 0 Å². The molecule has 0 aliphatic carbocycles. The molecule has 1 aromatic carbocycles. The third-order valence-electron chi connectivity index (χ3n) is 3.06. The lowest BCUT2D eigenvalue weighted by Gasteiger charge is -2.18. The van der Waals surface area contributed by atoms with Crippen molar-refractivity contribution in [3.05, 3.63) is 49.6 Å². The summed E-state index contributed by atoms with van der Waals surface area (Å²) in [6, 6.07) is 9.07. The van der Waals surface area contributed by atoms with Crippen LogP contribution in [0, 0.1) is 20.8 Å². The minimum atomic E-state index is 0.335. The van der Waals surface area contributed by atoms with Gasteiger partial charge >= 0.3 is 0 Å². The fourth-order valence-corrected chi connectivity index (χ4v) is 3.68. The van der Waals surface area contributed by atoms with Gasteiger partial charge in [-0.05, 0) is 66.9 Å². The Morgan fingerprint density at radius 2 is 1.72 bits per heavy atom. The van der Waals surface area contributed by atoms with Gasteiger partial charge in [0, 0.05) is 10.6 Å². The van der Waals surface area contributed by atoms with Gasteiger partial charge in [-0.1, -0.05) is 17.7 Å². The third kappa shape index (κ3) is 2.96. The Labute approximate surface area is 121 Å². The summed E-state index contributed by atoms with van der Waals surface area (Å²) in [6.07, 6.45) is 0. The van der Waals surface area contributed by atoms with Crippen molar-refractivity contribution >= 4 is 33.0 Å². The van der Waals surface area contributed by atoms with E-state index in [4.69, 9.17) is 0 Å². The van der Waals surface area contributed by atoms with Gasteiger partial charge in [0.1, 0.15) is 0 Å². The molecule has 0 fully saturated rings. The van der Waals surface area contributed by atoms with Crippen molar-refractivity contribution in [1.82, 2.24) is 0 Å². The highest BCUT2D eigenvalue weighted by Crippen LogP contribution is 2.31. The summed E-state index contributed by atoms with van der Waals surface area (Å²) in [5.74, 6) is 0. The maximum absolute atomic E-state index is 3.62. The SMILES string of the molecule is Cc1cc(C)c(NC(C)c2ccc(Br)s2)c(C)c1. The van der Waals surface area contributed by atoms with E-state index in [1.54, 1.807) is 11.3 Å². The summed E-state index contributed by atoms with van der Waals surface area (Å²) >= 11 is 5.30. The van der Waals surface area contributed by atoms with Crippen LogP contribution < -0.4 is 5.32 Å². The first-order valence-corrected chi connectivity index (χ1v) is 7.68. The van der Waals surface area contributed by atoms with E-state index in [1.165, 1.54) is 31.0 Å². The summed E-state index contributed by atoms with van der Waals surface area (Å²) in [5.41, 5.74) is 5.21. The van der Waals surface area contributed by atoms with Gasteiger partial charge in [0.2, 0.25) is 0 Å². The molecule has 96 valence electrons. The zero-order chi connectivity index (χ0) is 13.3. The average Bonchev–Trinajstić information content (AvgIpc) is 2.70. The number of nitrogens with one attached hydrogen (secondary N) is 1. The molecule has 1 nitrogen and oxygen atoms in total. The number of hydrogen-bond donors (Lipinski definition) is 1. The first-order chi connectivity index (χ1) is 8.47. The summed E-state index contributed by atoms with van der Waals surface area (Å²) < 4.78 is 1.18. The van der Waals surface area contributed by atoms with E-state index in [9.17, 15) is 0 Å². The number of rotatable bonds is 3. The molecule has 0 amide bonds. The van der Waals surface area contributed by atoms with E-state index in [-0.39, 0.29) is 0 Å². The molecule has 1 N–H and O–H groups in total. The van der Waals surface area contributed by atoms with Crippen molar-refractivity contribution in [2.75, 3.05) is 5.32 Å². The first-order valence-electron chi connectivity index (χ1n) is 6.07. The predicted molar refractivity (Wildman–Crippen MR) is 84.7 cm³/mol. The van der Waals surface area contributed by atoms with Crippen LogP contribution in [0.3, 0.4) is 0 Å². The molecule has 18 heavy (non-hydrogen) atoms. The summed E-state index contributed by atoms with van der Waals surface area (Å²) in [4.78, 5) is 1.35. The predicted octanol–water partition coefficient (Wildman–Crippen LogP) is 5.61. The molecule has 0 aliphatic heterocycles. The van der Waals surface area contributed by atoms with Crippen molar-refractivity contribution in [2.45, 2.75) is 33.7 Å². The van der Waals surface area contributed by atoms with Crippen molar-refractivity contribution in [2.24, 2.45) is 0 Å². The standard InChI is InChI=1S/C15H18BrNS/c1-9-7-10(2)15(11(3)8-9)17-12(4)13-5-6-14(16)18-13/h5-8,12,17H,1-4H3. The summed E-state index contributed by atoms with van der Waals surface area (Å²) in [6.45, 7) is 8.68. The highest BCUT2D eigenvalue weighted by Gasteiger charge is 2.11. The lowest BCUT2D eigenvalue weighted by molar-refractivity contribution is 0.902. The number of hydrogen-bond acceptors (Lipinski definition) is 2. The Hall–Kier alpha value is -0.800. The molecule has 1 unspecified atom stereocenters. The first kappa shape index (κ1) is 13.6. The zero-order valence-corrected chi connectivity index (χ0v) is 13.6. The maximum Gasteiger partial charge on any atom is 0.0702 e. The van der Waals surface area contributed by atoms with Crippen molar-refractivity contribution in [1.29, 1.82) is 0 Å². The van der Waals surface area contributed by atoms with E-state index >= 15 is 0 Å². The van der Waals surface area contributed by atoms with Crippen LogP contribution in [-0.4, -0.2) is 0 Å². The molecule has 1 heterocycles. The lowest BCUT2D eigenvalue weighted by atomic mass is 10.0. The smallest absolute Gasteiger partial charge is 0.0702 e. The summed E-state index contributed by atoms with van der Waals surface area (Å²) in [7, 11) is 0. The quantitative estimate of drug-likeness (QED) is 0.774. The Morgan fingerprint density at radius 1 is 1.11 bits per heavy atom. The van der Waals surface area contributed by atoms with Gasteiger partial charge in [-0.3, -0.25) is 0 Å². The second-order valence-corrected chi connectivity index (χ2v) is 7.28. The molecule has 0 bridgehead atoms. The van der Waals surface area contributed by atoms with E-state index in [1.807, 2.05) is 0 Å². The average molecular weight is 324 g/mol. The maximum atomic E-state index is 3.62. The van der Waals surface area contributed by atoms with Gasteiger partial charge in [-0.15, -0.1) is 11.3 Å². The number of benzene rings is 1. The Bertz CT molecular complexity index is 536. The van der Waals surface area contributed by atoms with E-state index < -0.39 is 0 Å².